The molecule has 0 fully saturated rings. The molecule has 1 N–H and O–H groups in total. The van der Waals surface area contributed by atoms with Crippen molar-refractivity contribution in [2.75, 3.05) is 7.11 Å². The first-order valence-electron chi connectivity index (χ1n) is 8.40. The largest absolute Gasteiger partial charge is 0.489 e. The standard InChI is InChI=1S/C21H17Cl2FN2O2.ClH/c1-27-21(25)19-4-2-3-17(26-19)10-14-9-15(22)7-8-20(14)28-12-13-5-6-16(23)11-18(13)24;/h2-9,11,25H,10,12H2,1H3;1H. The highest BCUT2D eigenvalue weighted by Gasteiger charge is 2.11. The third kappa shape index (κ3) is 6.07. The summed E-state index contributed by atoms with van der Waals surface area (Å²) in [5.74, 6) is 0.144. The summed E-state index contributed by atoms with van der Waals surface area (Å²) in [4.78, 5) is 4.43. The van der Waals surface area contributed by atoms with E-state index in [1.54, 1.807) is 42.5 Å². The second-order valence-electron chi connectivity index (χ2n) is 6.00. The molecule has 0 saturated carbocycles. The Morgan fingerprint density at radius 3 is 2.48 bits per heavy atom. The van der Waals surface area contributed by atoms with E-state index in [-0.39, 0.29) is 24.9 Å². The summed E-state index contributed by atoms with van der Waals surface area (Å²) in [6.07, 6.45) is 0.434. The van der Waals surface area contributed by atoms with Crippen LogP contribution >= 0.6 is 35.6 Å². The Balaban J connectivity index is 0.00000300. The van der Waals surface area contributed by atoms with E-state index in [2.05, 4.69) is 4.98 Å². The van der Waals surface area contributed by atoms with Crippen molar-refractivity contribution in [2.24, 2.45) is 0 Å². The van der Waals surface area contributed by atoms with Crippen LogP contribution in [0.1, 0.15) is 22.5 Å². The average molecular weight is 456 g/mol. The lowest BCUT2D eigenvalue weighted by Crippen LogP contribution is -2.07. The summed E-state index contributed by atoms with van der Waals surface area (Å²) < 4.78 is 24.7. The Morgan fingerprint density at radius 2 is 1.76 bits per heavy atom. The van der Waals surface area contributed by atoms with Crippen molar-refractivity contribution in [2.45, 2.75) is 13.0 Å². The fourth-order valence-corrected chi connectivity index (χ4v) is 2.98. The predicted molar refractivity (Wildman–Crippen MR) is 115 cm³/mol. The summed E-state index contributed by atoms with van der Waals surface area (Å²) in [5.41, 5.74) is 2.37. The summed E-state index contributed by atoms with van der Waals surface area (Å²) in [5, 5.41) is 8.64. The molecule has 0 atom stereocenters. The molecule has 0 unspecified atom stereocenters. The molecule has 0 spiro atoms. The molecule has 8 heteroatoms. The van der Waals surface area contributed by atoms with E-state index >= 15 is 0 Å². The lowest BCUT2D eigenvalue weighted by Gasteiger charge is -2.13. The van der Waals surface area contributed by atoms with E-state index in [4.69, 9.17) is 38.1 Å². The van der Waals surface area contributed by atoms with Crippen LogP contribution in [0.5, 0.6) is 5.75 Å². The van der Waals surface area contributed by atoms with Gasteiger partial charge in [-0.25, -0.2) is 9.37 Å². The zero-order chi connectivity index (χ0) is 20.1. The Hall–Kier alpha value is -2.34. The normalized spacial score (nSPS) is 10.2. The Kier molecular flexibility index (Phi) is 8.26. The topological polar surface area (TPSA) is 55.2 Å². The molecule has 152 valence electrons. The van der Waals surface area contributed by atoms with Crippen LogP contribution in [0.2, 0.25) is 10.0 Å². The van der Waals surface area contributed by atoms with Crippen LogP contribution < -0.4 is 4.74 Å². The SMILES string of the molecule is COC(=N)c1cccc(Cc2cc(Cl)ccc2OCc2ccc(Cl)cc2F)n1.Cl. The van der Waals surface area contributed by atoms with Gasteiger partial charge in [0.1, 0.15) is 23.9 Å². The molecule has 0 bridgehead atoms. The summed E-state index contributed by atoms with van der Waals surface area (Å²) in [6, 6.07) is 15.0. The second kappa shape index (κ2) is 10.4. The van der Waals surface area contributed by atoms with Crippen molar-refractivity contribution < 1.29 is 13.9 Å². The van der Waals surface area contributed by atoms with Gasteiger partial charge in [0.2, 0.25) is 5.90 Å². The van der Waals surface area contributed by atoms with Gasteiger partial charge in [0.25, 0.3) is 0 Å². The van der Waals surface area contributed by atoms with E-state index in [1.807, 2.05) is 6.07 Å². The fourth-order valence-electron chi connectivity index (χ4n) is 2.63. The van der Waals surface area contributed by atoms with Gasteiger partial charge in [-0.1, -0.05) is 35.3 Å². The van der Waals surface area contributed by atoms with E-state index < -0.39 is 5.82 Å². The van der Waals surface area contributed by atoms with Gasteiger partial charge in [0, 0.05) is 33.3 Å². The molecule has 29 heavy (non-hydrogen) atoms. The smallest absolute Gasteiger partial charge is 0.232 e. The maximum absolute atomic E-state index is 14.0. The van der Waals surface area contributed by atoms with Crippen molar-refractivity contribution in [3.05, 3.63) is 93.0 Å². The van der Waals surface area contributed by atoms with Gasteiger partial charge in [-0.15, -0.1) is 12.4 Å². The second-order valence-corrected chi connectivity index (χ2v) is 6.87. The third-order valence-electron chi connectivity index (χ3n) is 4.04. The molecular weight excluding hydrogens is 438 g/mol. The molecule has 4 nitrogen and oxygen atoms in total. The van der Waals surface area contributed by atoms with Crippen molar-refractivity contribution in [1.82, 2.24) is 4.98 Å². The first-order chi connectivity index (χ1) is 13.5. The number of nitrogens with one attached hydrogen (secondary N) is 1. The first-order valence-corrected chi connectivity index (χ1v) is 9.16. The molecule has 1 heterocycles. The third-order valence-corrected chi connectivity index (χ3v) is 4.51. The number of pyridine rings is 1. The maximum Gasteiger partial charge on any atom is 0.232 e. The van der Waals surface area contributed by atoms with Crippen molar-refractivity contribution >= 4 is 41.5 Å². The van der Waals surface area contributed by atoms with Crippen molar-refractivity contribution in [1.29, 1.82) is 5.41 Å². The summed E-state index contributed by atoms with van der Waals surface area (Å²) >= 11 is 11.9. The number of ether oxygens (including phenoxy) is 2. The molecule has 0 aliphatic heterocycles. The molecule has 0 aliphatic carbocycles. The number of hydrogen-bond acceptors (Lipinski definition) is 4. The predicted octanol–water partition coefficient (Wildman–Crippen LogP) is 6.09. The minimum Gasteiger partial charge on any atom is -0.489 e. The highest BCUT2D eigenvalue weighted by molar-refractivity contribution is 6.30. The van der Waals surface area contributed by atoms with Crippen molar-refractivity contribution in [3.8, 4) is 5.75 Å². The van der Waals surface area contributed by atoms with Crippen LogP contribution in [0.15, 0.2) is 54.6 Å². The maximum atomic E-state index is 14.0. The lowest BCUT2D eigenvalue weighted by atomic mass is 10.1. The molecule has 0 amide bonds. The molecule has 0 radical (unpaired) electrons. The van der Waals surface area contributed by atoms with Crippen LogP contribution in [0.3, 0.4) is 0 Å². The molecular formula is C21H18Cl3FN2O2. The van der Waals surface area contributed by atoms with Gasteiger partial charge >= 0.3 is 0 Å². The Bertz CT molecular complexity index is 1010. The minimum atomic E-state index is -0.421. The lowest BCUT2D eigenvalue weighted by molar-refractivity contribution is 0.297. The number of hydrogen-bond donors (Lipinski definition) is 1. The molecule has 3 rings (SSSR count). The molecule has 0 aliphatic rings. The van der Waals surface area contributed by atoms with E-state index in [0.29, 0.717) is 33.5 Å². The molecule has 1 aromatic heterocycles. The Labute approximate surface area is 184 Å². The zero-order valence-electron chi connectivity index (χ0n) is 15.4. The van der Waals surface area contributed by atoms with Gasteiger partial charge in [0.05, 0.1) is 7.11 Å². The van der Waals surface area contributed by atoms with E-state index in [1.165, 1.54) is 13.2 Å². The summed E-state index contributed by atoms with van der Waals surface area (Å²) in [6.45, 7) is 0.0550. The molecule has 0 saturated heterocycles. The van der Waals surface area contributed by atoms with Crippen LogP contribution in [-0.2, 0) is 17.8 Å². The highest BCUT2D eigenvalue weighted by Crippen LogP contribution is 2.27. The summed E-state index contributed by atoms with van der Waals surface area (Å²) in [7, 11) is 1.43. The minimum absolute atomic E-state index is 0. The van der Waals surface area contributed by atoms with Gasteiger partial charge in [-0.2, -0.15) is 0 Å². The first kappa shape index (κ1) is 22.9. The number of benzene rings is 2. The van der Waals surface area contributed by atoms with Crippen LogP contribution in [-0.4, -0.2) is 18.0 Å². The average Bonchev–Trinajstić information content (AvgIpc) is 2.68. The number of aromatic nitrogens is 1. The van der Waals surface area contributed by atoms with Gasteiger partial charge in [-0.3, -0.25) is 5.41 Å². The van der Waals surface area contributed by atoms with Crippen molar-refractivity contribution in [3.63, 3.8) is 0 Å². The number of halogens is 4. The number of rotatable bonds is 6. The van der Waals surface area contributed by atoms with Crippen LogP contribution in [0.4, 0.5) is 4.39 Å². The molecule has 3 aromatic rings. The zero-order valence-corrected chi connectivity index (χ0v) is 17.7. The molecule has 2 aromatic carbocycles. The van der Waals surface area contributed by atoms with Crippen LogP contribution in [0, 0.1) is 11.2 Å². The number of nitrogens with zero attached hydrogens (tertiary/aromatic N) is 1. The van der Waals surface area contributed by atoms with Gasteiger partial charge in [-0.05, 0) is 42.5 Å². The Morgan fingerprint density at radius 1 is 1.03 bits per heavy atom. The van der Waals surface area contributed by atoms with E-state index in [0.717, 1.165) is 11.3 Å². The fraction of sp³-hybridized carbons (Fsp3) is 0.143. The van der Waals surface area contributed by atoms with Gasteiger partial charge < -0.3 is 9.47 Å². The highest BCUT2D eigenvalue weighted by atomic mass is 35.5. The van der Waals surface area contributed by atoms with Crippen LogP contribution in [0.25, 0.3) is 0 Å². The number of methoxy groups -OCH3 is 1. The van der Waals surface area contributed by atoms with E-state index in [9.17, 15) is 4.39 Å². The monoisotopic (exact) mass is 454 g/mol. The van der Waals surface area contributed by atoms with Gasteiger partial charge in [0.15, 0.2) is 0 Å². The quantitative estimate of drug-likeness (QED) is 0.361.